The van der Waals surface area contributed by atoms with Crippen LogP contribution in [0.25, 0.3) is 11.0 Å². The second-order valence-electron chi connectivity index (χ2n) is 7.74. The smallest absolute Gasteiger partial charge is 0.291 e. The molecule has 0 unspecified atom stereocenters. The van der Waals surface area contributed by atoms with Gasteiger partial charge in [-0.1, -0.05) is 42.1 Å². The lowest BCUT2D eigenvalue weighted by molar-refractivity contribution is 0.0998. The van der Waals surface area contributed by atoms with Gasteiger partial charge in [-0.25, -0.2) is 9.97 Å². The van der Waals surface area contributed by atoms with Gasteiger partial charge in [-0.2, -0.15) is 0 Å². The lowest BCUT2D eigenvalue weighted by Gasteiger charge is -2.30. The molecule has 1 saturated heterocycles. The van der Waals surface area contributed by atoms with Crippen molar-refractivity contribution in [1.82, 2.24) is 9.97 Å². The Labute approximate surface area is 191 Å². The van der Waals surface area contributed by atoms with Crippen molar-refractivity contribution >= 4 is 40.0 Å². The summed E-state index contributed by atoms with van der Waals surface area (Å²) in [4.78, 5) is 24.3. The number of aromatic nitrogens is 2. The molecule has 162 valence electrons. The first kappa shape index (κ1) is 20.6. The minimum Gasteiger partial charge on any atom is -0.451 e. The van der Waals surface area contributed by atoms with Crippen LogP contribution < -0.4 is 10.2 Å². The fraction of sp³-hybridized carbons (Fsp3) is 0.240. The van der Waals surface area contributed by atoms with Crippen LogP contribution in [0.1, 0.15) is 35.4 Å². The Morgan fingerprint density at radius 3 is 2.56 bits per heavy atom. The highest BCUT2D eigenvalue weighted by molar-refractivity contribution is 7.98. The molecule has 1 amide bonds. The van der Waals surface area contributed by atoms with Crippen LogP contribution in [0, 0.1) is 0 Å². The summed E-state index contributed by atoms with van der Waals surface area (Å²) in [6.45, 7) is 2.02. The van der Waals surface area contributed by atoms with Crippen molar-refractivity contribution in [3.63, 3.8) is 0 Å². The maximum absolute atomic E-state index is 13.4. The van der Waals surface area contributed by atoms with Gasteiger partial charge in [0.05, 0.1) is 11.4 Å². The molecular weight excluding hydrogens is 420 g/mol. The number of hydrogen-bond acceptors (Lipinski definition) is 6. The molecule has 1 aliphatic rings. The van der Waals surface area contributed by atoms with Crippen LogP contribution in [0.5, 0.6) is 0 Å². The number of anilines is 2. The number of hydrogen-bond donors (Lipinski definition) is 1. The minimum absolute atomic E-state index is 0.241. The number of benzene rings is 2. The summed E-state index contributed by atoms with van der Waals surface area (Å²) >= 11 is 1.49. The van der Waals surface area contributed by atoms with E-state index in [-0.39, 0.29) is 5.91 Å². The van der Waals surface area contributed by atoms with Gasteiger partial charge in [0.2, 0.25) is 0 Å². The zero-order valence-corrected chi connectivity index (χ0v) is 18.5. The van der Waals surface area contributed by atoms with E-state index >= 15 is 0 Å². The van der Waals surface area contributed by atoms with E-state index < -0.39 is 0 Å². The molecular formula is C25H24N4O2S. The van der Waals surface area contributed by atoms with Crippen molar-refractivity contribution < 1.29 is 9.21 Å². The number of thioether (sulfide) groups is 1. The molecule has 0 aliphatic carbocycles. The Morgan fingerprint density at radius 2 is 1.72 bits per heavy atom. The molecule has 2 aromatic heterocycles. The van der Waals surface area contributed by atoms with Crippen molar-refractivity contribution in [3.05, 3.63) is 78.3 Å². The Bertz CT molecular complexity index is 1220. The molecule has 0 saturated carbocycles. The molecule has 6 nitrogen and oxygen atoms in total. The summed E-state index contributed by atoms with van der Waals surface area (Å²) in [6.07, 6.45) is 7.04. The second-order valence-corrected chi connectivity index (χ2v) is 8.69. The molecule has 2 aromatic carbocycles. The highest BCUT2D eigenvalue weighted by Crippen LogP contribution is 2.33. The van der Waals surface area contributed by atoms with Crippen LogP contribution in [0.3, 0.4) is 0 Å². The third kappa shape index (κ3) is 4.34. The molecule has 0 bridgehead atoms. The third-order valence-corrected chi connectivity index (χ3v) is 6.54. The monoisotopic (exact) mass is 444 g/mol. The van der Waals surface area contributed by atoms with Gasteiger partial charge in [0.15, 0.2) is 10.9 Å². The molecule has 5 rings (SSSR count). The number of piperidine rings is 1. The number of nitrogens with zero attached hydrogens (tertiary/aromatic N) is 3. The number of carbonyl (C=O) groups excluding carboxylic acids is 1. The number of nitrogens with one attached hydrogen (secondary N) is 1. The number of rotatable bonds is 6. The van der Waals surface area contributed by atoms with Gasteiger partial charge in [0.1, 0.15) is 5.58 Å². The first-order valence-corrected chi connectivity index (χ1v) is 11.8. The van der Waals surface area contributed by atoms with Crippen LogP contribution in [-0.2, 0) is 5.75 Å². The van der Waals surface area contributed by atoms with Gasteiger partial charge < -0.3 is 14.6 Å². The Balaban J connectivity index is 1.44. The van der Waals surface area contributed by atoms with Crippen molar-refractivity contribution in [2.75, 3.05) is 23.3 Å². The van der Waals surface area contributed by atoms with Crippen LogP contribution in [0.15, 0.2) is 76.6 Å². The Morgan fingerprint density at radius 1 is 0.969 bits per heavy atom. The molecule has 32 heavy (non-hydrogen) atoms. The van der Waals surface area contributed by atoms with Crippen LogP contribution >= 0.6 is 11.8 Å². The zero-order chi connectivity index (χ0) is 21.8. The summed E-state index contributed by atoms with van der Waals surface area (Å²) in [5.74, 6) is 0.635. The van der Waals surface area contributed by atoms with E-state index in [0.29, 0.717) is 22.3 Å². The quantitative estimate of drug-likeness (QED) is 0.301. The largest absolute Gasteiger partial charge is 0.451 e. The third-order valence-electron chi connectivity index (χ3n) is 5.64. The van der Waals surface area contributed by atoms with Gasteiger partial charge in [0, 0.05) is 42.2 Å². The van der Waals surface area contributed by atoms with Crippen molar-refractivity contribution in [2.24, 2.45) is 0 Å². The number of amides is 1. The van der Waals surface area contributed by atoms with Crippen molar-refractivity contribution in [3.8, 4) is 0 Å². The predicted octanol–water partition coefficient (Wildman–Crippen LogP) is 5.76. The molecule has 1 N–H and O–H groups in total. The maximum Gasteiger partial charge on any atom is 0.291 e. The second kappa shape index (κ2) is 9.44. The van der Waals surface area contributed by atoms with Crippen molar-refractivity contribution in [2.45, 2.75) is 30.2 Å². The maximum atomic E-state index is 13.4. The molecule has 1 fully saturated rings. The van der Waals surface area contributed by atoms with Crippen LogP contribution in [-0.4, -0.2) is 29.0 Å². The molecule has 0 atom stereocenters. The average molecular weight is 445 g/mol. The number of carbonyl (C=O) groups is 1. The Kier molecular flexibility index (Phi) is 6.07. The lowest BCUT2D eigenvalue weighted by Crippen LogP contribution is -2.30. The molecule has 3 heterocycles. The predicted molar refractivity (Wildman–Crippen MR) is 128 cm³/mol. The average Bonchev–Trinajstić information content (AvgIpc) is 3.23. The number of para-hydroxylation sites is 3. The summed E-state index contributed by atoms with van der Waals surface area (Å²) in [7, 11) is 0. The highest BCUT2D eigenvalue weighted by Gasteiger charge is 2.23. The van der Waals surface area contributed by atoms with E-state index in [2.05, 4.69) is 26.3 Å². The van der Waals surface area contributed by atoms with Crippen molar-refractivity contribution in [1.29, 1.82) is 0 Å². The van der Waals surface area contributed by atoms with E-state index in [4.69, 9.17) is 4.42 Å². The molecule has 7 heteroatoms. The van der Waals surface area contributed by atoms with Crippen LogP contribution in [0.4, 0.5) is 11.4 Å². The van der Waals surface area contributed by atoms with E-state index in [1.165, 1.54) is 31.0 Å². The lowest BCUT2D eigenvalue weighted by atomic mass is 10.1. The Hall–Kier alpha value is -3.32. The first-order valence-electron chi connectivity index (χ1n) is 10.8. The van der Waals surface area contributed by atoms with E-state index in [1.54, 1.807) is 18.5 Å². The normalized spacial score (nSPS) is 13.9. The topological polar surface area (TPSA) is 71.3 Å². The highest BCUT2D eigenvalue weighted by atomic mass is 32.2. The zero-order valence-electron chi connectivity index (χ0n) is 17.7. The molecule has 1 aliphatic heterocycles. The number of fused-ring (bicyclic) bond motifs is 1. The van der Waals surface area contributed by atoms with E-state index in [9.17, 15) is 4.79 Å². The van der Waals surface area contributed by atoms with E-state index in [0.717, 1.165) is 35.4 Å². The van der Waals surface area contributed by atoms with Gasteiger partial charge >= 0.3 is 0 Å². The van der Waals surface area contributed by atoms with Gasteiger partial charge in [-0.15, -0.1) is 0 Å². The standard InChI is InChI=1S/C25H24N4O2S/c30-24(28-20-10-3-4-11-21(20)29-15-6-1-7-16-29)23-19(17-32-25-26-13-8-14-27-25)18-9-2-5-12-22(18)31-23/h2-5,8-14H,1,6-7,15-17H2,(H,28,30). The fourth-order valence-electron chi connectivity index (χ4n) is 4.09. The van der Waals surface area contributed by atoms with Gasteiger partial charge in [-0.05, 0) is 43.5 Å². The fourth-order valence-corrected chi connectivity index (χ4v) is 4.92. The first-order chi connectivity index (χ1) is 15.8. The molecule has 0 spiro atoms. The summed E-state index contributed by atoms with van der Waals surface area (Å²) in [5, 5.41) is 4.71. The SMILES string of the molecule is O=C(Nc1ccccc1N1CCCCC1)c1oc2ccccc2c1CSc1ncccn1. The molecule has 4 aromatic rings. The molecule has 0 radical (unpaired) electrons. The minimum atomic E-state index is -0.241. The van der Waals surface area contributed by atoms with Crippen LogP contribution in [0.2, 0.25) is 0 Å². The van der Waals surface area contributed by atoms with E-state index in [1.807, 2.05) is 42.5 Å². The number of furan rings is 1. The summed E-state index contributed by atoms with van der Waals surface area (Å²) in [5.41, 5.74) is 3.42. The summed E-state index contributed by atoms with van der Waals surface area (Å²) < 4.78 is 6.03. The summed E-state index contributed by atoms with van der Waals surface area (Å²) in [6, 6.07) is 17.5. The van der Waals surface area contributed by atoms with Gasteiger partial charge in [0.25, 0.3) is 5.91 Å². The van der Waals surface area contributed by atoms with Gasteiger partial charge in [-0.3, -0.25) is 4.79 Å².